The third kappa shape index (κ3) is 6.51. The van der Waals surface area contributed by atoms with Crippen LogP contribution >= 0.6 is 0 Å². The Labute approximate surface area is 252 Å². The second-order valence-corrected chi connectivity index (χ2v) is 10.9. The van der Waals surface area contributed by atoms with Gasteiger partial charge in [0, 0.05) is 53.9 Å². The number of benzene rings is 2. The van der Waals surface area contributed by atoms with Crippen LogP contribution in [0.1, 0.15) is 53.0 Å². The van der Waals surface area contributed by atoms with E-state index in [0.29, 0.717) is 29.3 Å². The van der Waals surface area contributed by atoms with Crippen LogP contribution in [0.2, 0.25) is 0 Å². The van der Waals surface area contributed by atoms with E-state index in [1.807, 2.05) is 44.3 Å². The minimum atomic E-state index is -1.06. The molecule has 1 aliphatic carbocycles. The topological polar surface area (TPSA) is 121 Å². The zero-order chi connectivity index (χ0) is 30.8. The normalized spacial score (nSPS) is 12.8. The number of amides is 2. The van der Waals surface area contributed by atoms with Gasteiger partial charge in [0.25, 0.3) is 11.8 Å². The van der Waals surface area contributed by atoms with Gasteiger partial charge in [-0.1, -0.05) is 0 Å². The molecule has 44 heavy (non-hydrogen) atoms. The van der Waals surface area contributed by atoms with Gasteiger partial charge in [-0.25, -0.2) is 18.7 Å². The van der Waals surface area contributed by atoms with E-state index >= 15 is 0 Å². The van der Waals surface area contributed by atoms with Crippen molar-refractivity contribution in [2.45, 2.75) is 45.4 Å². The zero-order valence-corrected chi connectivity index (χ0v) is 24.1. The number of hydrogen-bond donors (Lipinski definition) is 4. The molecule has 224 valence electrons. The second-order valence-electron chi connectivity index (χ2n) is 10.9. The number of anilines is 2. The molecule has 9 nitrogen and oxygen atoms in total. The highest BCUT2D eigenvalue weighted by molar-refractivity contribution is 6.07. The first-order valence-electron chi connectivity index (χ1n) is 14.3. The van der Waals surface area contributed by atoms with Gasteiger partial charge < -0.3 is 25.7 Å². The Kier molecular flexibility index (Phi) is 7.93. The van der Waals surface area contributed by atoms with Gasteiger partial charge in [0.2, 0.25) is 0 Å². The molecule has 2 aromatic carbocycles. The third-order valence-electron chi connectivity index (χ3n) is 7.04. The predicted octanol–water partition coefficient (Wildman–Crippen LogP) is 6.45. The van der Waals surface area contributed by atoms with Gasteiger partial charge >= 0.3 is 0 Å². The van der Waals surface area contributed by atoms with E-state index in [2.05, 4.69) is 30.9 Å². The van der Waals surface area contributed by atoms with Gasteiger partial charge in [-0.15, -0.1) is 0 Å². The number of fused-ring (bicyclic) bond motifs is 1. The number of halogens is 2. The fourth-order valence-electron chi connectivity index (χ4n) is 4.81. The van der Waals surface area contributed by atoms with Crippen molar-refractivity contribution in [1.29, 1.82) is 0 Å². The minimum absolute atomic E-state index is 0.0733. The lowest BCUT2D eigenvalue weighted by Gasteiger charge is -2.15. The molecule has 3 heterocycles. The number of rotatable bonds is 10. The Morgan fingerprint density at radius 3 is 2.64 bits per heavy atom. The Balaban J connectivity index is 1.27. The fraction of sp³-hybridized carbons (Fsp3) is 0.212. The van der Waals surface area contributed by atoms with Crippen molar-refractivity contribution in [2.75, 3.05) is 10.6 Å². The highest BCUT2D eigenvalue weighted by Gasteiger charge is 2.24. The number of aromatic amines is 1. The number of pyridine rings is 2. The molecule has 1 fully saturated rings. The summed E-state index contributed by atoms with van der Waals surface area (Å²) in [6, 6.07) is 14.3. The molecular formula is C33H30F2N6O3. The van der Waals surface area contributed by atoms with Crippen LogP contribution in [-0.2, 0) is 6.54 Å². The average Bonchev–Trinajstić information content (AvgIpc) is 3.72. The summed E-state index contributed by atoms with van der Waals surface area (Å²) in [6.45, 7) is 4.17. The van der Waals surface area contributed by atoms with E-state index in [4.69, 9.17) is 4.74 Å². The van der Waals surface area contributed by atoms with Crippen LogP contribution in [0.3, 0.4) is 0 Å². The maximum atomic E-state index is 13.7. The molecule has 0 bridgehead atoms. The Hall–Kier alpha value is -5.32. The molecule has 4 N–H and O–H groups in total. The van der Waals surface area contributed by atoms with Crippen LogP contribution in [-0.4, -0.2) is 38.9 Å². The van der Waals surface area contributed by atoms with Crippen LogP contribution in [0, 0.1) is 11.6 Å². The van der Waals surface area contributed by atoms with Crippen molar-refractivity contribution in [3.63, 3.8) is 0 Å². The molecule has 0 unspecified atom stereocenters. The Morgan fingerprint density at radius 2 is 1.86 bits per heavy atom. The Morgan fingerprint density at radius 1 is 1.02 bits per heavy atom. The van der Waals surface area contributed by atoms with E-state index in [1.54, 1.807) is 24.5 Å². The summed E-state index contributed by atoms with van der Waals surface area (Å²) in [7, 11) is 0. The highest BCUT2D eigenvalue weighted by Crippen LogP contribution is 2.33. The van der Waals surface area contributed by atoms with Crippen LogP contribution in [0.5, 0.6) is 5.75 Å². The molecular weight excluding hydrogens is 566 g/mol. The molecule has 0 atom stereocenters. The number of carbonyl (C=O) groups is 2. The standard InChI is InChI=1S/C33H30F2N6O3/c1-18(2)44-24-11-19(15-37-30-25(4-3-9-36-30)33(43)41-23-7-8-28(34)29(35)14-23)10-20(12-24)27-17-39-31-26(27)13-21(16-38-31)32(42)40-22-5-6-22/h3-4,7-14,16-18,22H,5-6,15H2,1-2H3,(H,36,37)(H,38,39)(H,40,42)(H,41,43). The summed E-state index contributed by atoms with van der Waals surface area (Å²) in [5.41, 5.74) is 4.05. The van der Waals surface area contributed by atoms with Gasteiger partial charge in [-0.2, -0.15) is 0 Å². The molecule has 1 aliphatic rings. The molecule has 0 spiro atoms. The van der Waals surface area contributed by atoms with Gasteiger partial charge in [-0.05, 0) is 86.3 Å². The van der Waals surface area contributed by atoms with E-state index in [0.717, 1.165) is 47.1 Å². The zero-order valence-electron chi connectivity index (χ0n) is 24.1. The lowest BCUT2D eigenvalue weighted by Crippen LogP contribution is -2.25. The summed E-state index contributed by atoms with van der Waals surface area (Å²) in [5, 5.41) is 9.61. The summed E-state index contributed by atoms with van der Waals surface area (Å²) in [5.74, 6) is -1.77. The summed E-state index contributed by atoms with van der Waals surface area (Å²) >= 11 is 0. The first-order chi connectivity index (χ1) is 21.2. The number of ether oxygens (including phenoxy) is 1. The van der Waals surface area contributed by atoms with Crippen molar-refractivity contribution in [1.82, 2.24) is 20.3 Å². The second kappa shape index (κ2) is 12.1. The molecule has 0 aliphatic heterocycles. The monoisotopic (exact) mass is 596 g/mol. The average molecular weight is 597 g/mol. The first kappa shape index (κ1) is 28.8. The molecule has 0 radical (unpaired) electrons. The SMILES string of the molecule is CC(C)Oc1cc(CNc2ncccc2C(=O)Nc2ccc(F)c(F)c2)cc(-c2c[nH]c3ncc(C(=O)NC4CC4)cc23)c1. The minimum Gasteiger partial charge on any atom is -0.491 e. The van der Waals surface area contributed by atoms with E-state index < -0.39 is 17.5 Å². The maximum absolute atomic E-state index is 13.7. The summed E-state index contributed by atoms with van der Waals surface area (Å²) in [4.78, 5) is 37.7. The summed E-state index contributed by atoms with van der Waals surface area (Å²) < 4.78 is 33.1. The van der Waals surface area contributed by atoms with E-state index in [9.17, 15) is 18.4 Å². The third-order valence-corrected chi connectivity index (χ3v) is 7.04. The van der Waals surface area contributed by atoms with Crippen molar-refractivity contribution in [2.24, 2.45) is 0 Å². The van der Waals surface area contributed by atoms with Gasteiger partial charge in [-0.3, -0.25) is 9.59 Å². The van der Waals surface area contributed by atoms with Crippen molar-refractivity contribution >= 4 is 34.4 Å². The first-order valence-corrected chi connectivity index (χ1v) is 14.3. The predicted molar refractivity (Wildman–Crippen MR) is 164 cm³/mol. The summed E-state index contributed by atoms with van der Waals surface area (Å²) in [6.07, 6.45) is 6.89. The number of H-pyrrole nitrogens is 1. The number of aromatic nitrogens is 3. The molecule has 1 saturated carbocycles. The lowest BCUT2D eigenvalue weighted by atomic mass is 10.0. The van der Waals surface area contributed by atoms with Crippen LogP contribution in [0.25, 0.3) is 22.2 Å². The number of nitrogens with zero attached hydrogens (tertiary/aromatic N) is 2. The van der Waals surface area contributed by atoms with Crippen LogP contribution in [0.15, 0.2) is 73.2 Å². The van der Waals surface area contributed by atoms with Crippen molar-refractivity contribution in [3.05, 3.63) is 102 Å². The van der Waals surface area contributed by atoms with Crippen molar-refractivity contribution in [3.8, 4) is 16.9 Å². The molecule has 3 aromatic heterocycles. The largest absolute Gasteiger partial charge is 0.491 e. The quantitative estimate of drug-likeness (QED) is 0.147. The van der Waals surface area contributed by atoms with E-state index in [-0.39, 0.29) is 29.3 Å². The Bertz CT molecular complexity index is 1870. The number of carbonyl (C=O) groups excluding carboxylic acids is 2. The molecule has 5 aromatic rings. The molecule has 2 amide bonds. The van der Waals surface area contributed by atoms with Gasteiger partial charge in [0.05, 0.1) is 17.2 Å². The van der Waals surface area contributed by atoms with Crippen LogP contribution < -0.4 is 20.7 Å². The van der Waals surface area contributed by atoms with Crippen molar-refractivity contribution < 1.29 is 23.1 Å². The smallest absolute Gasteiger partial charge is 0.259 e. The fourth-order valence-corrected chi connectivity index (χ4v) is 4.81. The maximum Gasteiger partial charge on any atom is 0.259 e. The number of hydrogen-bond acceptors (Lipinski definition) is 6. The van der Waals surface area contributed by atoms with Gasteiger partial charge in [0.1, 0.15) is 17.2 Å². The van der Waals surface area contributed by atoms with Gasteiger partial charge in [0.15, 0.2) is 11.6 Å². The highest BCUT2D eigenvalue weighted by atomic mass is 19.2. The molecule has 0 saturated heterocycles. The van der Waals surface area contributed by atoms with E-state index in [1.165, 1.54) is 6.07 Å². The number of nitrogens with one attached hydrogen (secondary N) is 4. The van der Waals surface area contributed by atoms with Crippen LogP contribution in [0.4, 0.5) is 20.3 Å². The lowest BCUT2D eigenvalue weighted by molar-refractivity contribution is 0.0950. The molecule has 6 rings (SSSR count). The molecule has 11 heteroatoms.